The summed E-state index contributed by atoms with van der Waals surface area (Å²) in [6.45, 7) is 7.93. The van der Waals surface area contributed by atoms with Crippen LogP contribution >= 0.6 is 0 Å². The van der Waals surface area contributed by atoms with Crippen molar-refractivity contribution in [3.05, 3.63) is 70.3 Å². The number of carboxylic acids is 2. The van der Waals surface area contributed by atoms with E-state index < -0.39 is 11.9 Å². The Labute approximate surface area is 235 Å². The fourth-order valence-electron chi connectivity index (χ4n) is 5.09. The van der Waals surface area contributed by atoms with Gasteiger partial charge in [-0.15, -0.1) is 0 Å². The van der Waals surface area contributed by atoms with Crippen LogP contribution in [0, 0.1) is 13.8 Å². The third-order valence-electron chi connectivity index (χ3n) is 7.23. The Bertz CT molecular complexity index is 1730. The Morgan fingerprint density at radius 2 is 1.08 bits per heavy atom. The van der Waals surface area contributed by atoms with Gasteiger partial charge in [0.1, 0.15) is 0 Å². The van der Waals surface area contributed by atoms with Gasteiger partial charge in [0.2, 0.25) is 0 Å². The summed E-state index contributed by atoms with van der Waals surface area (Å²) < 4.78 is 0. The van der Waals surface area contributed by atoms with Crippen LogP contribution in [0.25, 0.3) is 44.4 Å². The van der Waals surface area contributed by atoms with Crippen molar-refractivity contribution < 1.29 is 36.3 Å². The van der Waals surface area contributed by atoms with Crippen LogP contribution in [-0.4, -0.2) is 31.9 Å². The number of hydrogen-bond acceptors (Lipinski definition) is 6. The second-order valence-electron chi connectivity index (χ2n) is 9.94. The minimum atomic E-state index is -1.13. The number of hydrogen-bond donors (Lipinski definition) is 2. The van der Waals surface area contributed by atoms with Crippen molar-refractivity contribution >= 4 is 56.3 Å². The Balaban J connectivity index is 0.00000353. The molecule has 0 aliphatic carbocycles. The maximum atomic E-state index is 11.3. The predicted octanol–water partition coefficient (Wildman–Crippen LogP) is 3.85. The van der Waals surface area contributed by atoms with Gasteiger partial charge in [0.15, 0.2) is 0 Å². The van der Waals surface area contributed by atoms with Gasteiger partial charge < -0.3 is 29.8 Å². The van der Waals surface area contributed by atoms with Crippen molar-refractivity contribution in [2.75, 3.05) is 0 Å². The predicted molar refractivity (Wildman–Crippen MR) is 144 cm³/mol. The summed E-state index contributed by atoms with van der Waals surface area (Å²) in [4.78, 5) is 39.2. The molecular weight excluding hydrogens is 539 g/mol. The maximum Gasteiger partial charge on any atom is 2.00 e. The van der Waals surface area contributed by atoms with Gasteiger partial charge in [-0.05, 0) is 123 Å². The van der Waals surface area contributed by atoms with Gasteiger partial charge in [-0.25, -0.2) is 9.97 Å². The molecule has 3 aromatic heterocycles. The summed E-state index contributed by atoms with van der Waals surface area (Å²) in [6, 6.07) is 11.9. The minimum Gasteiger partial charge on any atom is -0.550 e. The molecule has 0 saturated carbocycles. The Morgan fingerprint density at radius 3 is 1.56 bits per heavy atom. The number of aromatic amines is 2. The number of carbonyl (C=O) groups excluding carboxylic acids is 2. The van der Waals surface area contributed by atoms with E-state index >= 15 is 0 Å². The zero-order valence-corrected chi connectivity index (χ0v) is 23.1. The van der Waals surface area contributed by atoms with Crippen LogP contribution in [0.5, 0.6) is 0 Å². The number of aliphatic carboxylic acids is 2. The first-order valence-electron chi connectivity index (χ1n) is 12.6. The summed E-state index contributed by atoms with van der Waals surface area (Å²) in [5.41, 5.74) is 11.9. The molecule has 0 saturated heterocycles. The van der Waals surface area contributed by atoms with Crippen LogP contribution in [-0.2, 0) is 26.1 Å². The van der Waals surface area contributed by atoms with Gasteiger partial charge >= 0.3 is 16.5 Å². The Hall–Kier alpha value is -3.97. The first-order chi connectivity index (χ1) is 18.1. The average molecular weight is 567 g/mol. The standard InChI is InChI=1S/C30H30N4O4.Ni/c1-15-9-20-12-25-17(3)21(5-7-29(35)36)27(33-25)14-28-22(6-8-30(37)38)18(4)26(34-28)13-24-16(2)10-19(32-24)11-23(15)31-20;/h9-14,31-32H,5-8H2,1-4H3,(H,35,36)(H,37,38);/q;+2/p-2. The van der Waals surface area contributed by atoms with Crippen molar-refractivity contribution in [2.45, 2.75) is 53.4 Å². The number of carbonyl (C=O) groups is 2. The van der Waals surface area contributed by atoms with Gasteiger partial charge in [0.05, 0.1) is 22.8 Å². The average Bonchev–Trinajstić information content (AvgIpc) is 3.53. The molecule has 2 aliphatic heterocycles. The first-order valence-corrected chi connectivity index (χ1v) is 12.6. The number of aromatic nitrogens is 4. The van der Waals surface area contributed by atoms with E-state index in [-0.39, 0.29) is 42.2 Å². The molecule has 5 heterocycles. The Morgan fingerprint density at radius 1 is 0.641 bits per heavy atom. The van der Waals surface area contributed by atoms with Crippen LogP contribution in [0.1, 0.15) is 73.4 Å². The van der Waals surface area contributed by atoms with Crippen LogP contribution in [0.3, 0.4) is 0 Å². The molecule has 8 nitrogen and oxygen atoms in total. The third kappa shape index (κ3) is 5.74. The van der Waals surface area contributed by atoms with E-state index in [1.54, 1.807) is 0 Å². The van der Waals surface area contributed by atoms with E-state index in [0.717, 1.165) is 66.9 Å². The topological polar surface area (TPSA) is 138 Å². The SMILES string of the molecule is CC1=C(CCC(=O)[O-])c2cc3nc(cc4[nH]c(cc4C)cc4[nH]c(cc1n2)cc4C)C(C)=C3CCC(=O)[O-].[Ni+2]. The number of nitrogens with zero attached hydrogens (tertiary/aromatic N) is 2. The molecule has 39 heavy (non-hydrogen) atoms. The third-order valence-corrected chi connectivity index (χ3v) is 7.23. The summed E-state index contributed by atoms with van der Waals surface area (Å²) in [6.07, 6.45) is 0.263. The van der Waals surface area contributed by atoms with Crippen LogP contribution in [0.2, 0.25) is 0 Å². The monoisotopic (exact) mass is 566 g/mol. The zero-order valence-electron chi connectivity index (χ0n) is 22.1. The largest absolute Gasteiger partial charge is 2.00 e. The van der Waals surface area contributed by atoms with Crippen molar-refractivity contribution in [3.8, 4) is 0 Å². The number of aryl methyl sites for hydroxylation is 2. The van der Waals surface area contributed by atoms with Gasteiger partial charge in [-0.2, -0.15) is 0 Å². The molecule has 0 radical (unpaired) electrons. The molecule has 0 atom stereocenters. The van der Waals surface area contributed by atoms with Gasteiger partial charge in [-0.1, -0.05) is 0 Å². The number of allylic oxidation sites excluding steroid dienone is 4. The molecule has 0 amide bonds. The number of fused-ring (bicyclic) bond motifs is 8. The quantitative estimate of drug-likeness (QED) is 0.435. The fraction of sp³-hybridized carbons (Fsp3) is 0.267. The molecule has 8 bridgehead atoms. The molecule has 9 heteroatoms. The molecule has 2 N–H and O–H groups in total. The molecular formula is C30H28N4NiO4. The molecule has 0 fully saturated rings. The van der Waals surface area contributed by atoms with Crippen LogP contribution in [0.4, 0.5) is 0 Å². The van der Waals surface area contributed by atoms with Gasteiger partial charge in [0.25, 0.3) is 0 Å². The number of rotatable bonds is 6. The van der Waals surface area contributed by atoms with Crippen LogP contribution < -0.4 is 10.2 Å². The Kier molecular flexibility index (Phi) is 7.93. The maximum absolute atomic E-state index is 11.3. The molecule has 2 aliphatic rings. The van der Waals surface area contributed by atoms with E-state index in [1.165, 1.54) is 0 Å². The van der Waals surface area contributed by atoms with Gasteiger partial charge in [0, 0.05) is 34.0 Å². The van der Waals surface area contributed by atoms with Gasteiger partial charge in [-0.3, -0.25) is 0 Å². The number of carboxylic acid groups (broad SMARTS) is 2. The van der Waals surface area contributed by atoms with Crippen molar-refractivity contribution in [3.63, 3.8) is 0 Å². The summed E-state index contributed by atoms with van der Waals surface area (Å²) in [5.74, 6) is -2.26. The van der Waals surface area contributed by atoms with E-state index in [0.29, 0.717) is 11.4 Å². The van der Waals surface area contributed by atoms with Crippen LogP contribution in [0.15, 0.2) is 36.4 Å². The molecule has 5 rings (SSSR count). The van der Waals surface area contributed by atoms with Crippen molar-refractivity contribution in [1.82, 2.24) is 19.9 Å². The first kappa shape index (κ1) is 28.1. The molecule has 3 aromatic rings. The second kappa shape index (κ2) is 11.0. The normalized spacial score (nSPS) is 13.0. The van der Waals surface area contributed by atoms with E-state index in [2.05, 4.69) is 28.2 Å². The summed E-state index contributed by atoms with van der Waals surface area (Å²) in [7, 11) is 0. The summed E-state index contributed by atoms with van der Waals surface area (Å²) >= 11 is 0. The van der Waals surface area contributed by atoms with E-state index in [1.807, 2.05) is 45.9 Å². The smallest absolute Gasteiger partial charge is 0.550 e. The van der Waals surface area contributed by atoms with E-state index in [4.69, 9.17) is 9.97 Å². The second-order valence-corrected chi connectivity index (χ2v) is 9.94. The summed E-state index contributed by atoms with van der Waals surface area (Å²) in [5, 5.41) is 22.6. The molecule has 0 unspecified atom stereocenters. The fourth-order valence-corrected chi connectivity index (χ4v) is 5.09. The van der Waals surface area contributed by atoms with Crippen molar-refractivity contribution in [1.29, 1.82) is 0 Å². The number of nitrogens with one attached hydrogen (secondary N) is 2. The number of H-pyrrole nitrogens is 2. The molecule has 202 valence electrons. The van der Waals surface area contributed by atoms with Crippen molar-refractivity contribution in [2.24, 2.45) is 0 Å². The molecule has 0 spiro atoms. The minimum absolute atomic E-state index is 0. The molecule has 0 aromatic carbocycles. The van der Waals surface area contributed by atoms with E-state index in [9.17, 15) is 19.8 Å². The zero-order chi connectivity index (χ0) is 27.1.